The molecule has 0 spiro atoms. The second-order valence-corrected chi connectivity index (χ2v) is 9.48. The zero-order valence-corrected chi connectivity index (χ0v) is 22.8. The molecule has 0 atom stereocenters. The largest absolute Gasteiger partial charge is 0.463 e. The highest BCUT2D eigenvalue weighted by Gasteiger charge is 2.17. The van der Waals surface area contributed by atoms with Crippen molar-refractivity contribution >= 4 is 29.0 Å². The quantitative estimate of drug-likeness (QED) is 0.184. The van der Waals surface area contributed by atoms with Gasteiger partial charge in [-0.2, -0.15) is 0 Å². The van der Waals surface area contributed by atoms with Crippen LogP contribution in [0, 0.1) is 27.7 Å². The highest BCUT2D eigenvalue weighted by atomic mass is 16.5. The van der Waals surface area contributed by atoms with Gasteiger partial charge in [-0.25, -0.2) is 9.59 Å². The summed E-state index contributed by atoms with van der Waals surface area (Å²) in [6.45, 7) is 15.9. The molecule has 5 nitrogen and oxygen atoms in total. The van der Waals surface area contributed by atoms with Crippen molar-refractivity contribution in [2.45, 2.75) is 46.5 Å². The third kappa shape index (κ3) is 7.45. The van der Waals surface area contributed by atoms with Crippen molar-refractivity contribution in [2.24, 2.45) is 0 Å². The number of ether oxygens (including phenoxy) is 2. The summed E-state index contributed by atoms with van der Waals surface area (Å²) in [7, 11) is 0. The fraction of sp³-hybridized carbons (Fsp3) is 0.273. The lowest BCUT2D eigenvalue weighted by atomic mass is 9.92. The topological polar surface area (TPSA) is 55.8 Å². The zero-order valence-electron chi connectivity index (χ0n) is 22.8. The van der Waals surface area contributed by atoms with Gasteiger partial charge in [-0.1, -0.05) is 37.4 Å². The van der Waals surface area contributed by atoms with E-state index in [1.165, 1.54) is 22.3 Å². The van der Waals surface area contributed by atoms with Crippen molar-refractivity contribution in [1.82, 2.24) is 0 Å². The predicted octanol–water partition coefficient (Wildman–Crippen LogP) is 7.71. The molecule has 0 aliphatic heterocycles. The van der Waals surface area contributed by atoms with Crippen LogP contribution in [0.1, 0.15) is 46.6 Å². The molecule has 0 aliphatic carbocycles. The van der Waals surface area contributed by atoms with Gasteiger partial charge in [0.15, 0.2) is 0 Å². The van der Waals surface area contributed by atoms with Crippen molar-refractivity contribution in [1.29, 1.82) is 0 Å². The molecule has 0 N–H and O–H groups in total. The highest BCUT2D eigenvalue weighted by molar-refractivity contribution is 5.81. The highest BCUT2D eigenvalue weighted by Crippen LogP contribution is 2.37. The van der Waals surface area contributed by atoms with Gasteiger partial charge in [0.05, 0.1) is 13.2 Å². The molecule has 3 aromatic carbocycles. The summed E-state index contributed by atoms with van der Waals surface area (Å²) in [6.07, 6.45) is 3.51. The van der Waals surface area contributed by atoms with Crippen molar-refractivity contribution in [3.8, 4) is 0 Å². The number of hydrogen-bond acceptors (Lipinski definition) is 5. The van der Waals surface area contributed by atoms with Crippen LogP contribution in [0.5, 0.6) is 0 Å². The number of rotatable bonds is 12. The zero-order chi connectivity index (χ0) is 27.7. The van der Waals surface area contributed by atoms with Gasteiger partial charge >= 0.3 is 11.9 Å². The van der Waals surface area contributed by atoms with Crippen LogP contribution in [0.3, 0.4) is 0 Å². The molecule has 198 valence electrons. The molecular formula is C33H37NO4. The Bertz CT molecular complexity index is 1220. The lowest BCUT2D eigenvalue weighted by Gasteiger charge is -2.27. The summed E-state index contributed by atoms with van der Waals surface area (Å²) in [5.74, 6) is -0.861. The first-order valence-corrected chi connectivity index (χ1v) is 12.9. The summed E-state index contributed by atoms with van der Waals surface area (Å²) in [5, 5.41) is 0. The average molecular weight is 512 g/mol. The number of anilines is 3. The lowest BCUT2D eigenvalue weighted by Crippen LogP contribution is -2.13. The molecule has 0 radical (unpaired) electrons. The summed E-state index contributed by atoms with van der Waals surface area (Å²) in [5.41, 5.74) is 9.27. The molecule has 38 heavy (non-hydrogen) atoms. The Balaban J connectivity index is 1.92. The first-order valence-electron chi connectivity index (χ1n) is 12.9. The van der Waals surface area contributed by atoms with Gasteiger partial charge < -0.3 is 14.4 Å². The molecular weight excluding hydrogens is 474 g/mol. The maximum absolute atomic E-state index is 11.5. The average Bonchev–Trinajstić information content (AvgIpc) is 2.92. The fourth-order valence-electron chi connectivity index (χ4n) is 4.27. The molecule has 0 heterocycles. The molecule has 0 aliphatic rings. The van der Waals surface area contributed by atoms with Crippen LogP contribution in [-0.4, -0.2) is 25.2 Å². The Labute approximate surface area is 226 Å². The molecule has 0 saturated carbocycles. The number of benzene rings is 3. The summed E-state index contributed by atoms with van der Waals surface area (Å²) in [4.78, 5) is 25.3. The molecule has 0 fully saturated rings. The predicted molar refractivity (Wildman–Crippen MR) is 154 cm³/mol. The van der Waals surface area contributed by atoms with E-state index in [0.29, 0.717) is 12.8 Å². The first kappa shape index (κ1) is 28.5. The minimum atomic E-state index is -0.449. The molecule has 0 bridgehead atoms. The molecule has 5 heteroatoms. The second-order valence-electron chi connectivity index (χ2n) is 9.48. The van der Waals surface area contributed by atoms with Crippen LogP contribution >= 0.6 is 0 Å². The number of nitrogens with zero attached hydrogens (tertiary/aromatic N) is 1. The van der Waals surface area contributed by atoms with Gasteiger partial charge in [0.1, 0.15) is 0 Å². The summed E-state index contributed by atoms with van der Waals surface area (Å²) < 4.78 is 10.4. The van der Waals surface area contributed by atoms with Crippen LogP contribution < -0.4 is 4.90 Å². The lowest BCUT2D eigenvalue weighted by molar-refractivity contribution is -0.138. The molecule has 0 aromatic heterocycles. The molecule has 0 amide bonds. The van der Waals surface area contributed by atoms with E-state index in [4.69, 9.17) is 9.47 Å². The van der Waals surface area contributed by atoms with E-state index in [0.717, 1.165) is 34.8 Å². The van der Waals surface area contributed by atoms with Crippen molar-refractivity contribution in [3.63, 3.8) is 0 Å². The first-order chi connectivity index (χ1) is 18.2. The number of carbonyl (C=O) groups excluding carboxylic acids is 2. The maximum Gasteiger partial charge on any atom is 0.330 e. The van der Waals surface area contributed by atoms with Gasteiger partial charge in [0.25, 0.3) is 0 Å². The van der Waals surface area contributed by atoms with Crippen LogP contribution in [0.25, 0.3) is 0 Å². The monoisotopic (exact) mass is 511 g/mol. The van der Waals surface area contributed by atoms with E-state index in [1.54, 1.807) is 0 Å². The van der Waals surface area contributed by atoms with Crippen molar-refractivity contribution in [2.75, 3.05) is 18.1 Å². The second kappa shape index (κ2) is 13.4. The number of esters is 2. The fourth-order valence-corrected chi connectivity index (χ4v) is 4.27. The Morgan fingerprint density at radius 1 is 0.684 bits per heavy atom. The third-order valence-electron chi connectivity index (χ3n) is 6.87. The summed E-state index contributed by atoms with van der Waals surface area (Å²) in [6, 6.07) is 21.4. The van der Waals surface area contributed by atoms with E-state index in [1.807, 2.05) is 0 Å². The van der Waals surface area contributed by atoms with Gasteiger partial charge in [-0.3, -0.25) is 0 Å². The Kier molecular flexibility index (Phi) is 10.1. The van der Waals surface area contributed by atoms with Crippen LogP contribution in [0.15, 0.2) is 86.0 Å². The molecule has 3 aromatic rings. The minimum absolute atomic E-state index is 0.0379. The van der Waals surface area contributed by atoms with Crippen molar-refractivity contribution in [3.05, 3.63) is 114 Å². The maximum atomic E-state index is 11.5. The Hall–Kier alpha value is -4.12. The van der Waals surface area contributed by atoms with E-state index in [2.05, 4.69) is 106 Å². The van der Waals surface area contributed by atoms with E-state index in [9.17, 15) is 9.59 Å². The van der Waals surface area contributed by atoms with Crippen LogP contribution in [-0.2, 0) is 19.1 Å². The number of carbonyl (C=O) groups is 2. The third-order valence-corrected chi connectivity index (χ3v) is 6.87. The standard InChI is InChI=1S/C33H37NO4/c1-7-32(35)37-19-17-28(18-20-38-33(36)8-2)27-11-15-29(16-12-27)34(30-13-9-23(3)25(5)21-30)31-14-10-24(4)26(6)22-31/h7-16,21-22,28H,1-2,17-20H2,3-6H3. The SMILES string of the molecule is C=CC(=O)OCCC(CCOC(=O)C=C)c1ccc(N(c2ccc(C)c(C)c2)c2ccc(C)c(C)c2)cc1. The normalized spacial score (nSPS) is 10.7. The van der Waals surface area contributed by atoms with Crippen LogP contribution in [0.2, 0.25) is 0 Å². The summed E-state index contributed by atoms with van der Waals surface area (Å²) >= 11 is 0. The minimum Gasteiger partial charge on any atom is -0.463 e. The van der Waals surface area contributed by atoms with E-state index < -0.39 is 11.9 Å². The molecule has 0 unspecified atom stereocenters. The van der Waals surface area contributed by atoms with Gasteiger partial charge in [-0.05, 0) is 111 Å². The van der Waals surface area contributed by atoms with Crippen LogP contribution in [0.4, 0.5) is 17.1 Å². The smallest absolute Gasteiger partial charge is 0.330 e. The van der Waals surface area contributed by atoms with Gasteiger partial charge in [0.2, 0.25) is 0 Å². The van der Waals surface area contributed by atoms with Gasteiger partial charge in [0, 0.05) is 29.2 Å². The molecule has 3 rings (SSSR count). The van der Waals surface area contributed by atoms with E-state index in [-0.39, 0.29) is 19.1 Å². The van der Waals surface area contributed by atoms with Gasteiger partial charge in [-0.15, -0.1) is 0 Å². The Morgan fingerprint density at radius 3 is 1.50 bits per heavy atom. The number of hydrogen-bond donors (Lipinski definition) is 0. The van der Waals surface area contributed by atoms with E-state index >= 15 is 0 Å². The molecule has 0 saturated heterocycles. The Morgan fingerprint density at radius 2 is 1.11 bits per heavy atom. The van der Waals surface area contributed by atoms with Crippen molar-refractivity contribution < 1.29 is 19.1 Å². The number of aryl methyl sites for hydroxylation is 4.